The molecule has 90 valence electrons. The van der Waals surface area contributed by atoms with E-state index in [9.17, 15) is 0 Å². The lowest BCUT2D eigenvalue weighted by Crippen LogP contribution is -2.03. The van der Waals surface area contributed by atoms with Gasteiger partial charge in [0.1, 0.15) is 23.3 Å². The summed E-state index contributed by atoms with van der Waals surface area (Å²) in [5.41, 5.74) is 0. The summed E-state index contributed by atoms with van der Waals surface area (Å²) >= 11 is 17.7. The standard InChI is InChI=1S/C11H9Cl3N2O/c1-16-10(14)5-15-11(16)6-17-9-4-7(12)2-3-8(9)13/h2-5H,6H2,1H3. The molecule has 1 aromatic heterocycles. The van der Waals surface area contributed by atoms with Crippen molar-refractivity contribution in [1.29, 1.82) is 0 Å². The first-order valence-electron chi connectivity index (χ1n) is 4.82. The minimum absolute atomic E-state index is 0.281. The van der Waals surface area contributed by atoms with Gasteiger partial charge >= 0.3 is 0 Å². The number of aromatic nitrogens is 2. The zero-order valence-corrected chi connectivity index (χ0v) is 11.2. The predicted molar refractivity (Wildman–Crippen MR) is 69.0 cm³/mol. The smallest absolute Gasteiger partial charge is 0.147 e. The van der Waals surface area contributed by atoms with Crippen LogP contribution >= 0.6 is 34.8 Å². The molecule has 0 saturated heterocycles. The number of rotatable bonds is 3. The molecule has 0 N–H and O–H groups in total. The summed E-state index contributed by atoms with van der Waals surface area (Å²) in [6.07, 6.45) is 1.57. The first-order valence-corrected chi connectivity index (χ1v) is 5.95. The van der Waals surface area contributed by atoms with Gasteiger partial charge in [-0.25, -0.2) is 4.98 Å². The summed E-state index contributed by atoms with van der Waals surface area (Å²) in [6, 6.07) is 5.05. The zero-order valence-electron chi connectivity index (χ0n) is 8.95. The molecular weight excluding hydrogens is 282 g/mol. The van der Waals surface area contributed by atoms with Gasteiger partial charge in [0.25, 0.3) is 0 Å². The maximum atomic E-state index is 5.97. The van der Waals surface area contributed by atoms with Crippen molar-refractivity contribution >= 4 is 34.8 Å². The Balaban J connectivity index is 2.12. The van der Waals surface area contributed by atoms with E-state index >= 15 is 0 Å². The van der Waals surface area contributed by atoms with Crippen LogP contribution in [0.3, 0.4) is 0 Å². The molecule has 0 fully saturated rings. The fraction of sp³-hybridized carbons (Fsp3) is 0.182. The molecule has 1 aromatic carbocycles. The molecule has 2 rings (SSSR count). The molecule has 0 unspecified atom stereocenters. The van der Waals surface area contributed by atoms with Gasteiger partial charge in [-0.1, -0.05) is 34.8 Å². The molecule has 0 aliphatic heterocycles. The fourth-order valence-corrected chi connectivity index (χ4v) is 1.77. The van der Waals surface area contributed by atoms with Crippen LogP contribution in [0, 0.1) is 0 Å². The lowest BCUT2D eigenvalue weighted by molar-refractivity contribution is 0.292. The second kappa shape index (κ2) is 5.17. The minimum atomic E-state index is 0.281. The van der Waals surface area contributed by atoms with Gasteiger partial charge in [-0.3, -0.25) is 0 Å². The quantitative estimate of drug-likeness (QED) is 0.856. The van der Waals surface area contributed by atoms with Gasteiger partial charge in [0, 0.05) is 18.1 Å². The van der Waals surface area contributed by atoms with Crippen molar-refractivity contribution in [3.63, 3.8) is 0 Å². The van der Waals surface area contributed by atoms with Gasteiger partial charge < -0.3 is 9.30 Å². The lowest BCUT2D eigenvalue weighted by Gasteiger charge is -2.08. The van der Waals surface area contributed by atoms with Crippen molar-refractivity contribution < 1.29 is 4.74 Å². The van der Waals surface area contributed by atoms with Crippen LogP contribution in [0.1, 0.15) is 5.82 Å². The largest absolute Gasteiger partial charge is 0.484 e. The van der Waals surface area contributed by atoms with Crippen LogP contribution in [0.5, 0.6) is 5.75 Å². The van der Waals surface area contributed by atoms with E-state index in [0.717, 1.165) is 0 Å². The highest BCUT2D eigenvalue weighted by molar-refractivity contribution is 6.34. The number of benzene rings is 1. The first kappa shape index (κ1) is 12.6. The Kier molecular flexibility index (Phi) is 3.82. The van der Waals surface area contributed by atoms with Gasteiger partial charge in [0.2, 0.25) is 0 Å². The van der Waals surface area contributed by atoms with Crippen molar-refractivity contribution in [3.8, 4) is 5.75 Å². The van der Waals surface area contributed by atoms with E-state index in [1.54, 1.807) is 29.0 Å². The fourth-order valence-electron chi connectivity index (χ4n) is 1.29. The van der Waals surface area contributed by atoms with E-state index in [-0.39, 0.29) is 6.61 Å². The Hall–Kier alpha value is -0.900. The van der Waals surface area contributed by atoms with Crippen LogP contribution in [0.25, 0.3) is 0 Å². The Morgan fingerprint density at radius 1 is 1.29 bits per heavy atom. The Bertz CT molecular complexity index is 540. The molecule has 0 bridgehead atoms. The molecule has 0 amide bonds. The van der Waals surface area contributed by atoms with Crippen LogP contribution in [0.2, 0.25) is 15.2 Å². The van der Waals surface area contributed by atoms with E-state index in [2.05, 4.69) is 4.98 Å². The third-order valence-corrected chi connectivity index (χ3v) is 3.18. The van der Waals surface area contributed by atoms with Crippen molar-refractivity contribution in [3.05, 3.63) is 45.4 Å². The van der Waals surface area contributed by atoms with E-state index in [4.69, 9.17) is 39.5 Å². The SMILES string of the molecule is Cn1c(Cl)cnc1COc1cc(Cl)ccc1Cl. The van der Waals surface area contributed by atoms with Gasteiger partial charge in [-0.05, 0) is 12.1 Å². The highest BCUT2D eigenvalue weighted by atomic mass is 35.5. The second-order valence-corrected chi connectivity index (χ2v) is 4.65. The van der Waals surface area contributed by atoms with Crippen molar-refractivity contribution in [2.45, 2.75) is 6.61 Å². The van der Waals surface area contributed by atoms with Crippen molar-refractivity contribution in [2.75, 3.05) is 0 Å². The summed E-state index contributed by atoms with van der Waals surface area (Å²) in [5.74, 6) is 1.24. The maximum Gasteiger partial charge on any atom is 0.147 e. The molecule has 0 aliphatic rings. The van der Waals surface area contributed by atoms with Crippen LogP contribution < -0.4 is 4.74 Å². The summed E-state index contributed by atoms with van der Waals surface area (Å²) < 4.78 is 7.28. The van der Waals surface area contributed by atoms with Gasteiger partial charge in [0.05, 0.1) is 11.2 Å². The highest BCUT2D eigenvalue weighted by Crippen LogP contribution is 2.28. The number of nitrogens with zero attached hydrogens (tertiary/aromatic N) is 2. The van der Waals surface area contributed by atoms with Crippen molar-refractivity contribution in [1.82, 2.24) is 9.55 Å². The molecule has 17 heavy (non-hydrogen) atoms. The maximum absolute atomic E-state index is 5.97. The van der Waals surface area contributed by atoms with Crippen LogP contribution in [0.4, 0.5) is 0 Å². The van der Waals surface area contributed by atoms with Crippen molar-refractivity contribution in [2.24, 2.45) is 7.05 Å². The topological polar surface area (TPSA) is 27.1 Å². The molecule has 2 aromatic rings. The number of hydrogen-bond acceptors (Lipinski definition) is 2. The highest BCUT2D eigenvalue weighted by Gasteiger charge is 2.07. The van der Waals surface area contributed by atoms with Gasteiger partial charge in [0.15, 0.2) is 0 Å². The molecule has 0 atom stereocenters. The Morgan fingerprint density at radius 2 is 2.06 bits per heavy atom. The number of hydrogen-bond donors (Lipinski definition) is 0. The third kappa shape index (κ3) is 2.86. The van der Waals surface area contributed by atoms with Crippen LogP contribution in [-0.2, 0) is 13.7 Å². The van der Waals surface area contributed by atoms with Crippen LogP contribution in [0.15, 0.2) is 24.4 Å². The molecule has 0 radical (unpaired) electrons. The molecular formula is C11H9Cl3N2O. The van der Waals surface area contributed by atoms with Gasteiger partial charge in [-0.15, -0.1) is 0 Å². The average molecular weight is 292 g/mol. The molecule has 0 aliphatic carbocycles. The van der Waals surface area contributed by atoms with E-state index in [1.807, 2.05) is 7.05 Å². The van der Waals surface area contributed by atoms with Crippen LogP contribution in [-0.4, -0.2) is 9.55 Å². The normalized spacial score (nSPS) is 10.6. The van der Waals surface area contributed by atoms with E-state index in [1.165, 1.54) is 0 Å². The summed E-state index contributed by atoms with van der Waals surface area (Å²) in [5, 5.41) is 1.64. The summed E-state index contributed by atoms with van der Waals surface area (Å²) in [4.78, 5) is 4.11. The number of imidazole rings is 1. The number of halogens is 3. The van der Waals surface area contributed by atoms with Gasteiger partial charge in [-0.2, -0.15) is 0 Å². The third-order valence-electron chi connectivity index (χ3n) is 2.28. The molecule has 1 heterocycles. The first-order chi connectivity index (χ1) is 8.08. The lowest BCUT2D eigenvalue weighted by atomic mass is 10.3. The predicted octanol–water partition coefficient (Wildman–Crippen LogP) is 3.96. The summed E-state index contributed by atoms with van der Waals surface area (Å²) in [7, 11) is 1.81. The molecule has 6 heteroatoms. The average Bonchev–Trinajstić information content (AvgIpc) is 2.62. The number of ether oxygens (including phenoxy) is 1. The second-order valence-electron chi connectivity index (χ2n) is 3.42. The van der Waals surface area contributed by atoms with E-state index < -0.39 is 0 Å². The van der Waals surface area contributed by atoms with E-state index in [0.29, 0.717) is 26.8 Å². The Labute approximate surface area is 114 Å². The summed E-state index contributed by atoms with van der Waals surface area (Å²) in [6.45, 7) is 0.281. The Morgan fingerprint density at radius 3 is 2.71 bits per heavy atom. The molecule has 0 saturated carbocycles. The zero-order chi connectivity index (χ0) is 12.4. The minimum Gasteiger partial charge on any atom is -0.484 e. The molecule has 3 nitrogen and oxygen atoms in total. The molecule has 0 spiro atoms. The monoisotopic (exact) mass is 290 g/mol.